The molecule has 0 N–H and O–H groups in total. The Morgan fingerprint density at radius 3 is 1.59 bits per heavy atom. The number of hydrogen-bond donors (Lipinski definition) is 0. The van der Waals surface area contributed by atoms with Gasteiger partial charge in [-0.15, -0.1) is 0 Å². The van der Waals surface area contributed by atoms with Gasteiger partial charge in [-0.05, 0) is 105 Å². The summed E-state index contributed by atoms with van der Waals surface area (Å²) in [6, 6.07) is 56.7. The molecule has 0 saturated carbocycles. The predicted molar refractivity (Wildman–Crippen MR) is 191 cm³/mol. The molecule has 0 heterocycles. The molecule has 0 aliphatic rings. The molecule has 0 unspecified atom stereocenters. The van der Waals surface area contributed by atoms with Crippen LogP contribution in [0.15, 0.2) is 176 Å². The van der Waals surface area contributed by atoms with Gasteiger partial charge in [0.25, 0.3) is 0 Å². The van der Waals surface area contributed by atoms with Crippen LogP contribution in [0.4, 0.5) is 17.1 Å². The number of anilines is 3. The standard InChI is InChI=1S/C43H33N/c1-2-3-6-15-36-30-37-21-20-35(31-43(37)42-19-12-11-18-41(36)42)34-24-28-40(29-25-34)44(38-16-9-5-10-17-38)39-26-22-33(23-27-39)32-13-7-4-8-14-32/h2-31H,1H3/b3-2-,15-6-. The zero-order chi connectivity index (χ0) is 29.7. The number of para-hydroxylation sites is 1. The highest BCUT2D eigenvalue weighted by molar-refractivity contribution is 6.12. The van der Waals surface area contributed by atoms with E-state index in [9.17, 15) is 0 Å². The smallest absolute Gasteiger partial charge is 0.0462 e. The third-order valence-electron chi connectivity index (χ3n) is 8.18. The van der Waals surface area contributed by atoms with Crippen molar-refractivity contribution < 1.29 is 0 Å². The van der Waals surface area contributed by atoms with E-state index in [0.29, 0.717) is 0 Å². The molecule has 0 aliphatic carbocycles. The van der Waals surface area contributed by atoms with Gasteiger partial charge in [-0.25, -0.2) is 0 Å². The summed E-state index contributed by atoms with van der Waals surface area (Å²) >= 11 is 0. The van der Waals surface area contributed by atoms with Gasteiger partial charge in [0.15, 0.2) is 0 Å². The number of rotatable bonds is 7. The van der Waals surface area contributed by atoms with Crippen molar-refractivity contribution in [1.29, 1.82) is 0 Å². The van der Waals surface area contributed by atoms with Crippen LogP contribution in [-0.4, -0.2) is 0 Å². The molecule has 0 radical (unpaired) electrons. The average Bonchev–Trinajstić information content (AvgIpc) is 3.10. The maximum Gasteiger partial charge on any atom is 0.0462 e. The molecule has 7 aromatic rings. The first-order valence-corrected chi connectivity index (χ1v) is 15.1. The van der Waals surface area contributed by atoms with Gasteiger partial charge in [0, 0.05) is 17.1 Å². The fourth-order valence-corrected chi connectivity index (χ4v) is 5.98. The SMILES string of the molecule is C/C=C\C=C/c1cc2ccc(-c3ccc(N(c4ccccc4)c4ccc(-c5ccccc5)cc4)cc3)cc2c2ccccc12. The summed E-state index contributed by atoms with van der Waals surface area (Å²) in [5, 5.41) is 5.07. The Morgan fingerprint density at radius 1 is 0.409 bits per heavy atom. The van der Waals surface area contributed by atoms with Gasteiger partial charge in [0.2, 0.25) is 0 Å². The van der Waals surface area contributed by atoms with E-state index >= 15 is 0 Å². The highest BCUT2D eigenvalue weighted by Crippen LogP contribution is 2.38. The fraction of sp³-hybridized carbons (Fsp3) is 0.0233. The van der Waals surface area contributed by atoms with Crippen LogP contribution in [0.1, 0.15) is 12.5 Å². The van der Waals surface area contributed by atoms with Crippen molar-refractivity contribution in [3.8, 4) is 22.3 Å². The van der Waals surface area contributed by atoms with Gasteiger partial charge in [-0.3, -0.25) is 0 Å². The quantitative estimate of drug-likeness (QED) is 0.138. The number of hydrogen-bond acceptors (Lipinski definition) is 1. The Labute approximate surface area is 259 Å². The van der Waals surface area contributed by atoms with Crippen molar-refractivity contribution in [3.05, 3.63) is 182 Å². The highest BCUT2D eigenvalue weighted by atomic mass is 15.1. The van der Waals surface area contributed by atoms with Crippen molar-refractivity contribution in [2.45, 2.75) is 6.92 Å². The zero-order valence-electron chi connectivity index (χ0n) is 24.8. The molecule has 7 rings (SSSR count). The molecule has 1 heteroatoms. The predicted octanol–water partition coefficient (Wildman–Crippen LogP) is 12.4. The maximum absolute atomic E-state index is 2.34. The summed E-state index contributed by atoms with van der Waals surface area (Å²) in [6.07, 6.45) is 8.43. The first-order chi connectivity index (χ1) is 21.8. The van der Waals surface area contributed by atoms with Crippen LogP contribution in [0, 0.1) is 0 Å². The Kier molecular flexibility index (Phi) is 7.60. The van der Waals surface area contributed by atoms with E-state index in [1.807, 2.05) is 6.92 Å². The molecule has 0 atom stereocenters. The lowest BCUT2D eigenvalue weighted by molar-refractivity contribution is 1.28. The van der Waals surface area contributed by atoms with Gasteiger partial charge in [0.1, 0.15) is 0 Å². The topological polar surface area (TPSA) is 3.24 Å². The van der Waals surface area contributed by atoms with E-state index in [-0.39, 0.29) is 0 Å². The Balaban J connectivity index is 1.25. The van der Waals surface area contributed by atoms with Crippen LogP contribution in [0.5, 0.6) is 0 Å². The molecule has 44 heavy (non-hydrogen) atoms. The van der Waals surface area contributed by atoms with E-state index in [2.05, 4.69) is 187 Å². The van der Waals surface area contributed by atoms with Gasteiger partial charge in [0.05, 0.1) is 0 Å². The van der Waals surface area contributed by atoms with Crippen LogP contribution in [0.2, 0.25) is 0 Å². The van der Waals surface area contributed by atoms with E-state index in [4.69, 9.17) is 0 Å². The number of benzene rings is 7. The maximum atomic E-state index is 2.34. The lowest BCUT2D eigenvalue weighted by atomic mass is 9.94. The molecule has 210 valence electrons. The Morgan fingerprint density at radius 2 is 0.932 bits per heavy atom. The van der Waals surface area contributed by atoms with Crippen molar-refractivity contribution in [2.24, 2.45) is 0 Å². The molecule has 0 aromatic heterocycles. The van der Waals surface area contributed by atoms with Gasteiger partial charge in [-0.1, -0.05) is 133 Å². The van der Waals surface area contributed by atoms with Crippen molar-refractivity contribution >= 4 is 44.7 Å². The second-order valence-corrected chi connectivity index (χ2v) is 11.0. The first kappa shape index (κ1) is 27.2. The van der Waals surface area contributed by atoms with Gasteiger partial charge < -0.3 is 4.90 Å². The lowest BCUT2D eigenvalue weighted by Gasteiger charge is -2.26. The minimum absolute atomic E-state index is 1.12. The molecular weight excluding hydrogens is 530 g/mol. The first-order valence-electron chi connectivity index (χ1n) is 15.1. The van der Waals surface area contributed by atoms with Crippen molar-refractivity contribution in [3.63, 3.8) is 0 Å². The monoisotopic (exact) mass is 563 g/mol. The summed E-state index contributed by atoms with van der Waals surface area (Å²) in [7, 11) is 0. The van der Waals surface area contributed by atoms with Crippen molar-refractivity contribution in [2.75, 3.05) is 4.90 Å². The minimum atomic E-state index is 1.12. The molecule has 0 spiro atoms. The summed E-state index contributed by atoms with van der Waals surface area (Å²) < 4.78 is 0. The van der Waals surface area contributed by atoms with Crippen molar-refractivity contribution in [1.82, 2.24) is 0 Å². The van der Waals surface area contributed by atoms with E-state index in [0.717, 1.165) is 17.1 Å². The second-order valence-electron chi connectivity index (χ2n) is 11.0. The van der Waals surface area contributed by atoms with Crippen LogP contribution in [0.3, 0.4) is 0 Å². The molecule has 0 amide bonds. The largest absolute Gasteiger partial charge is 0.311 e. The number of nitrogens with zero attached hydrogens (tertiary/aromatic N) is 1. The number of allylic oxidation sites excluding steroid dienone is 3. The molecule has 0 fully saturated rings. The Bertz CT molecular complexity index is 2090. The summed E-state index contributed by atoms with van der Waals surface area (Å²) in [4.78, 5) is 2.31. The minimum Gasteiger partial charge on any atom is -0.311 e. The number of fused-ring (bicyclic) bond motifs is 3. The fourth-order valence-electron chi connectivity index (χ4n) is 5.98. The van der Waals surface area contributed by atoms with E-state index in [1.54, 1.807) is 0 Å². The normalized spacial score (nSPS) is 11.6. The zero-order valence-corrected chi connectivity index (χ0v) is 24.8. The molecule has 0 aliphatic heterocycles. The van der Waals surface area contributed by atoms with Gasteiger partial charge in [-0.2, -0.15) is 0 Å². The molecule has 0 bridgehead atoms. The second kappa shape index (κ2) is 12.3. The third kappa shape index (κ3) is 5.44. The molecular formula is C43H33N. The third-order valence-corrected chi connectivity index (χ3v) is 8.18. The summed E-state index contributed by atoms with van der Waals surface area (Å²) in [5.74, 6) is 0. The molecule has 7 aromatic carbocycles. The molecule has 0 saturated heterocycles. The lowest BCUT2D eigenvalue weighted by Crippen LogP contribution is -2.09. The van der Waals surface area contributed by atoms with E-state index < -0.39 is 0 Å². The van der Waals surface area contributed by atoms with Crippen LogP contribution < -0.4 is 4.90 Å². The van der Waals surface area contributed by atoms with E-state index in [1.165, 1.54) is 49.4 Å². The van der Waals surface area contributed by atoms with Crippen LogP contribution in [0.25, 0.3) is 49.9 Å². The summed E-state index contributed by atoms with van der Waals surface area (Å²) in [6.45, 7) is 2.04. The Hall–Kier alpha value is -5.66. The van der Waals surface area contributed by atoms with Crippen LogP contribution in [-0.2, 0) is 0 Å². The summed E-state index contributed by atoms with van der Waals surface area (Å²) in [5.41, 5.74) is 9.46. The van der Waals surface area contributed by atoms with Crippen LogP contribution >= 0.6 is 0 Å². The molecule has 1 nitrogen and oxygen atoms in total. The van der Waals surface area contributed by atoms with Gasteiger partial charge >= 0.3 is 0 Å². The highest BCUT2D eigenvalue weighted by Gasteiger charge is 2.13. The average molecular weight is 564 g/mol.